The van der Waals surface area contributed by atoms with Gasteiger partial charge in [-0.15, -0.1) is 0 Å². The Labute approximate surface area is 213 Å². The molecule has 188 valence electrons. The molecule has 0 amide bonds. The summed E-state index contributed by atoms with van der Waals surface area (Å²) in [5, 5.41) is 17.4. The quantitative estimate of drug-likeness (QED) is 0.332. The number of nitrogens with zero attached hydrogens (tertiary/aromatic N) is 6. The SMILES string of the molecule is CC(C)Nc1ncc(-c2ccc3cc(Oc4ccnc(-c5cnn(CCO)c5)c4)ccc3n2)c(=O)n1C. The highest BCUT2D eigenvalue weighted by molar-refractivity contribution is 5.83. The molecule has 5 aromatic rings. The highest BCUT2D eigenvalue weighted by Crippen LogP contribution is 2.28. The van der Waals surface area contributed by atoms with Gasteiger partial charge in [0.25, 0.3) is 5.56 Å². The monoisotopic (exact) mass is 497 g/mol. The van der Waals surface area contributed by atoms with Crippen molar-refractivity contribution < 1.29 is 9.84 Å². The Hall–Kier alpha value is -4.57. The van der Waals surface area contributed by atoms with E-state index in [4.69, 9.17) is 14.8 Å². The van der Waals surface area contributed by atoms with E-state index >= 15 is 0 Å². The Morgan fingerprint density at radius 2 is 1.86 bits per heavy atom. The summed E-state index contributed by atoms with van der Waals surface area (Å²) in [6.45, 7) is 4.43. The smallest absolute Gasteiger partial charge is 0.264 e. The van der Waals surface area contributed by atoms with Crippen molar-refractivity contribution >= 4 is 16.9 Å². The van der Waals surface area contributed by atoms with Gasteiger partial charge in [-0.2, -0.15) is 5.10 Å². The Kier molecular flexibility index (Phi) is 6.65. The second kappa shape index (κ2) is 10.2. The zero-order valence-electron chi connectivity index (χ0n) is 20.8. The average molecular weight is 498 g/mol. The van der Waals surface area contributed by atoms with Gasteiger partial charge in [-0.3, -0.25) is 19.0 Å². The fraction of sp³-hybridized carbons (Fsp3) is 0.222. The molecule has 0 bridgehead atoms. The summed E-state index contributed by atoms with van der Waals surface area (Å²) in [5.41, 5.74) is 3.13. The lowest BCUT2D eigenvalue weighted by Gasteiger charge is -2.13. The highest BCUT2D eigenvalue weighted by Gasteiger charge is 2.12. The number of nitrogens with one attached hydrogen (secondary N) is 1. The van der Waals surface area contributed by atoms with Crippen LogP contribution < -0.4 is 15.6 Å². The van der Waals surface area contributed by atoms with E-state index in [1.165, 1.54) is 4.57 Å². The summed E-state index contributed by atoms with van der Waals surface area (Å²) in [6, 6.07) is 13.1. The minimum Gasteiger partial charge on any atom is -0.457 e. The molecule has 0 aliphatic carbocycles. The molecule has 0 saturated carbocycles. The molecule has 37 heavy (non-hydrogen) atoms. The van der Waals surface area contributed by atoms with Crippen LogP contribution in [0.15, 0.2) is 72.0 Å². The predicted octanol–water partition coefficient (Wildman–Crippen LogP) is 3.86. The van der Waals surface area contributed by atoms with Crippen LogP contribution in [-0.4, -0.2) is 47.1 Å². The minimum atomic E-state index is -0.166. The van der Waals surface area contributed by atoms with Crippen LogP contribution >= 0.6 is 0 Å². The van der Waals surface area contributed by atoms with E-state index in [-0.39, 0.29) is 18.2 Å². The lowest BCUT2D eigenvalue weighted by atomic mass is 10.1. The molecule has 0 aliphatic rings. The second-order valence-electron chi connectivity index (χ2n) is 8.90. The number of ether oxygens (including phenoxy) is 1. The van der Waals surface area contributed by atoms with E-state index in [2.05, 4.69) is 20.4 Å². The van der Waals surface area contributed by atoms with Crippen LogP contribution in [-0.2, 0) is 13.6 Å². The number of rotatable bonds is 8. The lowest BCUT2D eigenvalue weighted by molar-refractivity contribution is 0.269. The van der Waals surface area contributed by atoms with E-state index < -0.39 is 0 Å². The van der Waals surface area contributed by atoms with E-state index in [9.17, 15) is 4.79 Å². The van der Waals surface area contributed by atoms with Crippen LogP contribution in [0.3, 0.4) is 0 Å². The second-order valence-corrected chi connectivity index (χ2v) is 8.90. The first-order valence-electron chi connectivity index (χ1n) is 11.9. The standard InChI is InChI=1S/C27H27N7O3/c1-17(2)31-27-29-15-22(26(36)33(27)3)24-6-4-18-12-20(5-7-23(18)32-24)37-21-8-9-28-25(13-21)19-14-30-34(16-19)10-11-35/h4-9,12-17,35H,10-11H2,1-3H3,(H,29,31). The number of hydrogen-bond acceptors (Lipinski definition) is 8. The van der Waals surface area contributed by atoms with Gasteiger partial charge < -0.3 is 15.2 Å². The van der Waals surface area contributed by atoms with Crippen molar-refractivity contribution in [2.75, 3.05) is 11.9 Å². The molecule has 0 saturated heterocycles. The van der Waals surface area contributed by atoms with E-state index in [1.807, 2.05) is 56.4 Å². The largest absolute Gasteiger partial charge is 0.457 e. The summed E-state index contributed by atoms with van der Waals surface area (Å²) >= 11 is 0. The predicted molar refractivity (Wildman–Crippen MR) is 142 cm³/mol. The van der Waals surface area contributed by atoms with Crippen molar-refractivity contribution in [1.29, 1.82) is 0 Å². The molecule has 0 radical (unpaired) electrons. The summed E-state index contributed by atoms with van der Waals surface area (Å²) in [5.74, 6) is 1.80. The highest BCUT2D eigenvalue weighted by atomic mass is 16.5. The molecule has 4 aromatic heterocycles. The maximum absolute atomic E-state index is 12.9. The molecule has 1 aromatic carbocycles. The molecule has 2 N–H and O–H groups in total. The topological polar surface area (TPSA) is 120 Å². The Morgan fingerprint density at radius 3 is 2.68 bits per heavy atom. The summed E-state index contributed by atoms with van der Waals surface area (Å²) in [4.78, 5) is 26.4. The van der Waals surface area contributed by atoms with Crippen LogP contribution in [0.25, 0.3) is 33.4 Å². The fourth-order valence-electron chi connectivity index (χ4n) is 3.92. The molecular weight excluding hydrogens is 470 g/mol. The van der Waals surface area contributed by atoms with Crippen LogP contribution in [0, 0.1) is 0 Å². The van der Waals surface area contributed by atoms with Crippen molar-refractivity contribution in [1.82, 2.24) is 29.3 Å². The van der Waals surface area contributed by atoms with E-state index in [0.29, 0.717) is 35.2 Å². The normalized spacial score (nSPS) is 11.3. The van der Waals surface area contributed by atoms with Crippen molar-refractivity contribution in [2.24, 2.45) is 7.05 Å². The zero-order chi connectivity index (χ0) is 25.9. The molecule has 10 nitrogen and oxygen atoms in total. The number of pyridine rings is 2. The summed E-state index contributed by atoms with van der Waals surface area (Å²) in [6.07, 6.45) is 6.78. The molecule has 0 atom stereocenters. The maximum Gasteiger partial charge on any atom is 0.264 e. The zero-order valence-corrected chi connectivity index (χ0v) is 20.8. The van der Waals surface area contributed by atoms with Crippen LogP contribution in [0.5, 0.6) is 11.5 Å². The number of aliphatic hydroxyl groups is 1. The van der Waals surface area contributed by atoms with Crippen LogP contribution in [0.2, 0.25) is 0 Å². The Bertz CT molecular complexity index is 1620. The molecule has 0 unspecified atom stereocenters. The third-order valence-electron chi connectivity index (χ3n) is 5.75. The lowest BCUT2D eigenvalue weighted by Crippen LogP contribution is -2.25. The maximum atomic E-state index is 12.9. The number of fused-ring (bicyclic) bond motifs is 1. The Balaban J connectivity index is 1.38. The molecule has 0 spiro atoms. The van der Waals surface area contributed by atoms with Gasteiger partial charge in [0.1, 0.15) is 11.5 Å². The first-order valence-corrected chi connectivity index (χ1v) is 11.9. The molecule has 0 aliphatic heterocycles. The van der Waals surface area contributed by atoms with Crippen molar-refractivity contribution in [3.63, 3.8) is 0 Å². The van der Waals surface area contributed by atoms with Gasteiger partial charge >= 0.3 is 0 Å². The minimum absolute atomic E-state index is 0.0195. The van der Waals surface area contributed by atoms with Gasteiger partial charge in [0.15, 0.2) is 0 Å². The average Bonchev–Trinajstić information content (AvgIpc) is 3.36. The Morgan fingerprint density at radius 1 is 1.03 bits per heavy atom. The number of benzene rings is 1. The van der Waals surface area contributed by atoms with E-state index in [1.54, 1.807) is 36.4 Å². The van der Waals surface area contributed by atoms with Crippen LogP contribution in [0.1, 0.15) is 13.8 Å². The molecular formula is C27H27N7O3. The first kappa shape index (κ1) is 24.1. The van der Waals surface area contributed by atoms with Crippen molar-refractivity contribution in [2.45, 2.75) is 26.4 Å². The molecule has 5 rings (SSSR count). The number of aliphatic hydroxyl groups excluding tert-OH is 1. The number of aromatic nitrogens is 6. The summed E-state index contributed by atoms with van der Waals surface area (Å²) < 4.78 is 9.26. The van der Waals surface area contributed by atoms with Gasteiger partial charge in [0.05, 0.1) is 41.8 Å². The molecule has 0 fully saturated rings. The van der Waals surface area contributed by atoms with Gasteiger partial charge in [0, 0.05) is 48.7 Å². The van der Waals surface area contributed by atoms with Gasteiger partial charge in [-0.1, -0.05) is 6.07 Å². The third-order valence-corrected chi connectivity index (χ3v) is 5.75. The van der Waals surface area contributed by atoms with Gasteiger partial charge in [0.2, 0.25) is 5.95 Å². The number of hydrogen-bond donors (Lipinski definition) is 2. The van der Waals surface area contributed by atoms with Crippen molar-refractivity contribution in [3.05, 3.63) is 77.6 Å². The summed E-state index contributed by atoms with van der Waals surface area (Å²) in [7, 11) is 1.69. The van der Waals surface area contributed by atoms with Crippen LogP contribution in [0.4, 0.5) is 5.95 Å². The first-order chi connectivity index (χ1) is 17.9. The third kappa shape index (κ3) is 5.19. The van der Waals surface area contributed by atoms with Gasteiger partial charge in [-0.25, -0.2) is 9.97 Å². The number of anilines is 1. The fourth-order valence-corrected chi connectivity index (χ4v) is 3.92. The molecule has 10 heteroatoms. The van der Waals surface area contributed by atoms with E-state index in [0.717, 1.165) is 22.2 Å². The molecule has 4 heterocycles. The van der Waals surface area contributed by atoms with Gasteiger partial charge in [-0.05, 0) is 44.2 Å². The van der Waals surface area contributed by atoms with Crippen molar-refractivity contribution in [3.8, 4) is 34.0 Å².